The third-order valence-electron chi connectivity index (χ3n) is 5.11. The quantitative estimate of drug-likeness (QED) is 0.852. The molecule has 0 saturated carbocycles. The minimum Gasteiger partial charge on any atom is -0.497 e. The summed E-state index contributed by atoms with van der Waals surface area (Å²) < 4.78 is 6.72. The molecular weight excluding hydrogens is 334 g/mol. The number of nitrogens with one attached hydrogen (secondary N) is 1. The maximum atomic E-state index is 12.3. The Hall–Kier alpha value is -2.38. The molecule has 0 bridgehead atoms. The molecule has 1 aliphatic heterocycles. The minimum atomic E-state index is -1.03. The molecule has 2 atom stereocenters. The van der Waals surface area contributed by atoms with Crippen molar-refractivity contribution in [1.29, 1.82) is 0 Å². The van der Waals surface area contributed by atoms with Crippen LogP contribution >= 0.6 is 0 Å². The van der Waals surface area contributed by atoms with Gasteiger partial charge in [0.2, 0.25) is 0 Å². The standard InChI is InChI=1S/C19H25N3O4/c1-13-10-22(18(24)20-17(13)23)16-12-21(8-7-19(16,2)25)11-14-5-4-6-15(9-14)26-3/h4-6,9-10,16,25H,7-8,11-12H2,1-3H3,(H,20,23,24)/t16-,19-/m1/s1. The second-order valence-electron chi connectivity index (χ2n) is 7.19. The monoisotopic (exact) mass is 359 g/mol. The normalized spacial score (nSPS) is 23.8. The number of piperidine rings is 1. The molecule has 0 aliphatic carbocycles. The Balaban J connectivity index is 1.86. The van der Waals surface area contributed by atoms with E-state index in [4.69, 9.17) is 4.74 Å². The van der Waals surface area contributed by atoms with Crippen molar-refractivity contribution in [1.82, 2.24) is 14.5 Å². The van der Waals surface area contributed by atoms with Crippen LogP contribution in [0.1, 0.15) is 30.5 Å². The zero-order valence-electron chi connectivity index (χ0n) is 15.4. The van der Waals surface area contributed by atoms with Gasteiger partial charge in [0, 0.05) is 31.4 Å². The van der Waals surface area contributed by atoms with Crippen molar-refractivity contribution in [3.63, 3.8) is 0 Å². The Labute approximate surface area is 151 Å². The fourth-order valence-corrected chi connectivity index (χ4v) is 3.46. The number of methoxy groups -OCH3 is 1. The van der Waals surface area contributed by atoms with Gasteiger partial charge in [-0.25, -0.2) is 4.79 Å². The van der Waals surface area contributed by atoms with Crippen LogP contribution in [0.4, 0.5) is 0 Å². The van der Waals surface area contributed by atoms with Crippen LogP contribution in [0.15, 0.2) is 40.1 Å². The van der Waals surface area contributed by atoms with E-state index in [9.17, 15) is 14.7 Å². The number of aromatic nitrogens is 2. The average Bonchev–Trinajstić information content (AvgIpc) is 2.60. The van der Waals surface area contributed by atoms with Gasteiger partial charge in [0.1, 0.15) is 5.75 Å². The first-order chi connectivity index (χ1) is 12.3. The lowest BCUT2D eigenvalue weighted by molar-refractivity contribution is -0.0543. The van der Waals surface area contributed by atoms with E-state index in [0.717, 1.165) is 17.9 Å². The second-order valence-corrected chi connectivity index (χ2v) is 7.19. The Bertz CT molecular complexity index is 900. The Morgan fingerprint density at radius 2 is 2.15 bits per heavy atom. The summed E-state index contributed by atoms with van der Waals surface area (Å²) in [4.78, 5) is 28.5. The lowest BCUT2D eigenvalue weighted by Crippen LogP contribution is -2.53. The van der Waals surface area contributed by atoms with Crippen LogP contribution in [0, 0.1) is 6.92 Å². The molecule has 0 radical (unpaired) electrons. The van der Waals surface area contributed by atoms with E-state index in [0.29, 0.717) is 25.1 Å². The highest BCUT2D eigenvalue weighted by molar-refractivity contribution is 5.28. The smallest absolute Gasteiger partial charge is 0.328 e. The zero-order chi connectivity index (χ0) is 18.9. The van der Waals surface area contributed by atoms with E-state index < -0.39 is 22.9 Å². The summed E-state index contributed by atoms with van der Waals surface area (Å²) in [6, 6.07) is 7.42. The number of likely N-dealkylation sites (tertiary alicyclic amines) is 1. The number of rotatable bonds is 4. The molecule has 140 valence electrons. The Kier molecular flexibility index (Phi) is 5.02. The first-order valence-electron chi connectivity index (χ1n) is 8.70. The second kappa shape index (κ2) is 7.09. The van der Waals surface area contributed by atoms with Crippen molar-refractivity contribution in [2.45, 2.75) is 38.5 Å². The molecule has 2 aromatic rings. The fourth-order valence-electron chi connectivity index (χ4n) is 3.46. The highest BCUT2D eigenvalue weighted by atomic mass is 16.5. The van der Waals surface area contributed by atoms with Gasteiger partial charge in [-0.1, -0.05) is 12.1 Å². The summed E-state index contributed by atoms with van der Waals surface area (Å²) in [7, 11) is 1.64. The van der Waals surface area contributed by atoms with E-state index in [1.165, 1.54) is 10.8 Å². The summed E-state index contributed by atoms with van der Waals surface area (Å²) in [5.74, 6) is 0.801. The zero-order valence-corrected chi connectivity index (χ0v) is 15.4. The third-order valence-corrected chi connectivity index (χ3v) is 5.11. The van der Waals surface area contributed by atoms with Crippen LogP contribution in [0.5, 0.6) is 5.75 Å². The number of hydrogen-bond acceptors (Lipinski definition) is 5. The number of aromatic amines is 1. The van der Waals surface area contributed by atoms with Crippen molar-refractivity contribution >= 4 is 0 Å². The van der Waals surface area contributed by atoms with E-state index >= 15 is 0 Å². The van der Waals surface area contributed by atoms with Crippen molar-refractivity contribution < 1.29 is 9.84 Å². The van der Waals surface area contributed by atoms with Gasteiger partial charge in [-0.3, -0.25) is 19.2 Å². The molecule has 1 aromatic heterocycles. The van der Waals surface area contributed by atoms with Crippen LogP contribution in [-0.2, 0) is 6.54 Å². The molecule has 2 N–H and O–H groups in total. The van der Waals surface area contributed by atoms with Gasteiger partial charge < -0.3 is 9.84 Å². The van der Waals surface area contributed by atoms with Crippen LogP contribution in [0.25, 0.3) is 0 Å². The van der Waals surface area contributed by atoms with E-state index in [2.05, 4.69) is 9.88 Å². The minimum absolute atomic E-state index is 0.394. The molecule has 1 aliphatic rings. The maximum Gasteiger partial charge on any atom is 0.328 e. The van der Waals surface area contributed by atoms with Crippen LogP contribution in [-0.4, -0.2) is 45.4 Å². The lowest BCUT2D eigenvalue weighted by Gasteiger charge is -2.43. The molecule has 7 heteroatoms. The molecule has 26 heavy (non-hydrogen) atoms. The molecule has 0 spiro atoms. The summed E-state index contributed by atoms with van der Waals surface area (Å²) in [5, 5.41) is 10.8. The molecule has 2 heterocycles. The first kappa shape index (κ1) is 18.4. The van der Waals surface area contributed by atoms with Gasteiger partial charge in [-0.2, -0.15) is 0 Å². The van der Waals surface area contributed by atoms with Gasteiger partial charge in [-0.05, 0) is 38.0 Å². The number of ether oxygens (including phenoxy) is 1. The van der Waals surface area contributed by atoms with E-state index in [-0.39, 0.29) is 0 Å². The summed E-state index contributed by atoms with van der Waals surface area (Å²) >= 11 is 0. The SMILES string of the molecule is COc1cccc(CN2CC[C@@](C)(O)[C@H](n3cc(C)c(=O)[nH]c3=O)C2)c1. The predicted molar refractivity (Wildman–Crippen MR) is 98.6 cm³/mol. The largest absolute Gasteiger partial charge is 0.497 e. The molecule has 1 saturated heterocycles. The van der Waals surface area contributed by atoms with E-state index in [1.54, 1.807) is 21.0 Å². The Morgan fingerprint density at radius 1 is 1.38 bits per heavy atom. The maximum absolute atomic E-state index is 12.3. The molecular formula is C19H25N3O4. The summed E-state index contributed by atoms with van der Waals surface area (Å²) in [5.41, 5.74) is -0.358. The van der Waals surface area contributed by atoms with Crippen LogP contribution < -0.4 is 16.0 Å². The fraction of sp³-hybridized carbons (Fsp3) is 0.474. The van der Waals surface area contributed by atoms with Crippen molar-refractivity contribution in [2.75, 3.05) is 20.2 Å². The first-order valence-corrected chi connectivity index (χ1v) is 8.70. The highest BCUT2D eigenvalue weighted by Gasteiger charge is 2.39. The summed E-state index contributed by atoms with van der Waals surface area (Å²) in [6.07, 6.45) is 2.07. The predicted octanol–water partition coefficient (Wildman–Crippen LogP) is 1.05. The highest BCUT2D eigenvalue weighted by Crippen LogP contribution is 2.31. The number of aryl methyl sites for hydroxylation is 1. The Morgan fingerprint density at radius 3 is 2.88 bits per heavy atom. The molecule has 0 unspecified atom stereocenters. The van der Waals surface area contributed by atoms with Crippen molar-refractivity contribution in [2.24, 2.45) is 0 Å². The molecule has 1 aromatic carbocycles. The lowest BCUT2D eigenvalue weighted by atomic mass is 9.88. The van der Waals surface area contributed by atoms with Crippen LogP contribution in [0.3, 0.4) is 0 Å². The molecule has 7 nitrogen and oxygen atoms in total. The third kappa shape index (κ3) is 3.73. The number of hydrogen-bond donors (Lipinski definition) is 2. The van der Waals surface area contributed by atoms with Gasteiger partial charge in [0.25, 0.3) is 5.56 Å². The summed E-state index contributed by atoms with van der Waals surface area (Å²) in [6.45, 7) is 5.32. The molecule has 3 rings (SSSR count). The van der Waals surface area contributed by atoms with Gasteiger partial charge in [0.15, 0.2) is 0 Å². The van der Waals surface area contributed by atoms with Gasteiger partial charge >= 0.3 is 5.69 Å². The average molecular weight is 359 g/mol. The van der Waals surface area contributed by atoms with Crippen molar-refractivity contribution in [3.05, 3.63) is 62.4 Å². The van der Waals surface area contributed by atoms with Crippen molar-refractivity contribution in [3.8, 4) is 5.75 Å². The number of aliphatic hydroxyl groups is 1. The molecule has 0 amide bonds. The molecule has 1 fully saturated rings. The topological polar surface area (TPSA) is 87.6 Å². The number of nitrogens with zero attached hydrogens (tertiary/aromatic N) is 2. The van der Waals surface area contributed by atoms with Gasteiger partial charge in [0.05, 0.1) is 18.8 Å². The number of H-pyrrole nitrogens is 1. The van der Waals surface area contributed by atoms with E-state index in [1.807, 2.05) is 24.3 Å². The van der Waals surface area contributed by atoms with Gasteiger partial charge in [-0.15, -0.1) is 0 Å². The van der Waals surface area contributed by atoms with Crippen LogP contribution in [0.2, 0.25) is 0 Å². The number of benzene rings is 1.